The molecule has 10 heavy (non-hydrogen) atoms. The monoisotopic (exact) mass is 136 g/mol. The second-order valence-corrected chi connectivity index (χ2v) is 2.69. The molecule has 0 fully saturated rings. The van der Waals surface area contributed by atoms with Crippen LogP contribution in [0.5, 0.6) is 0 Å². The number of carbonyl (C=O) groups is 1. The minimum atomic E-state index is 0.437. The molecule has 0 aromatic rings. The molecule has 1 atom stereocenters. The lowest BCUT2D eigenvalue weighted by Gasteiger charge is -2.05. The van der Waals surface area contributed by atoms with Crippen LogP contribution in [0.3, 0.4) is 0 Å². The summed E-state index contributed by atoms with van der Waals surface area (Å²) in [5, 5.41) is 0. The van der Waals surface area contributed by atoms with E-state index in [0.717, 1.165) is 24.7 Å². The molecule has 0 aromatic heterocycles. The zero-order valence-corrected chi connectivity index (χ0v) is 6.21. The van der Waals surface area contributed by atoms with Gasteiger partial charge in [-0.25, -0.2) is 0 Å². The van der Waals surface area contributed by atoms with Gasteiger partial charge in [-0.2, -0.15) is 0 Å². The van der Waals surface area contributed by atoms with Gasteiger partial charge in [-0.15, -0.1) is 0 Å². The third-order valence-electron chi connectivity index (χ3n) is 1.90. The molecule has 0 N–H and O–H groups in total. The predicted octanol–water partition coefficient (Wildman–Crippen LogP) is 2.10. The molecule has 0 radical (unpaired) electrons. The maximum Gasteiger partial charge on any atom is 0.146 e. The number of aldehydes is 1. The topological polar surface area (TPSA) is 17.1 Å². The molecular weight excluding hydrogens is 124 g/mol. The van der Waals surface area contributed by atoms with Crippen LogP contribution < -0.4 is 0 Å². The molecule has 1 rings (SSSR count). The first-order valence-electron chi connectivity index (χ1n) is 3.66. The average Bonchev–Trinajstić information content (AvgIpc) is 2.13. The van der Waals surface area contributed by atoms with Gasteiger partial charge < -0.3 is 0 Å². The number of hydrogen-bond acceptors (Lipinski definition) is 1. The first-order valence-corrected chi connectivity index (χ1v) is 3.66. The summed E-state index contributed by atoms with van der Waals surface area (Å²) in [6, 6.07) is 0. The quantitative estimate of drug-likeness (QED) is 0.504. The van der Waals surface area contributed by atoms with Gasteiger partial charge in [-0.05, 0) is 24.3 Å². The third kappa shape index (κ3) is 1.56. The highest BCUT2D eigenvalue weighted by Crippen LogP contribution is 2.17. The lowest BCUT2D eigenvalue weighted by molar-refractivity contribution is -0.105. The molecule has 1 nitrogen and oxygen atoms in total. The molecule has 0 saturated carbocycles. The fraction of sp³-hybridized carbons (Fsp3) is 0.444. The molecule has 1 aliphatic carbocycles. The number of rotatable bonds is 1. The fourth-order valence-corrected chi connectivity index (χ4v) is 1.11. The summed E-state index contributed by atoms with van der Waals surface area (Å²) in [5.41, 5.74) is 0.925. The van der Waals surface area contributed by atoms with Crippen LogP contribution in [0, 0.1) is 5.92 Å². The summed E-state index contributed by atoms with van der Waals surface area (Å²) in [4.78, 5) is 10.4. The van der Waals surface area contributed by atoms with E-state index in [1.165, 1.54) is 0 Å². The lowest BCUT2D eigenvalue weighted by atomic mass is 9.99. The standard InChI is InChI=1S/C9H12O/c1-8-5-3-2-4-6-9(8)7-10/h2,4,6-8H,3,5H2,1H3. The van der Waals surface area contributed by atoms with Gasteiger partial charge in [0, 0.05) is 0 Å². The minimum absolute atomic E-state index is 0.437. The summed E-state index contributed by atoms with van der Waals surface area (Å²) in [5.74, 6) is 0.437. The second kappa shape index (κ2) is 3.35. The van der Waals surface area contributed by atoms with Crippen LogP contribution in [-0.2, 0) is 4.79 Å². The van der Waals surface area contributed by atoms with Crippen molar-refractivity contribution in [1.82, 2.24) is 0 Å². The van der Waals surface area contributed by atoms with Crippen LogP contribution in [0.2, 0.25) is 0 Å². The maximum absolute atomic E-state index is 10.4. The molecule has 0 amide bonds. The summed E-state index contributed by atoms with van der Waals surface area (Å²) in [7, 11) is 0. The third-order valence-corrected chi connectivity index (χ3v) is 1.90. The maximum atomic E-state index is 10.4. The van der Waals surface area contributed by atoms with Gasteiger partial charge in [0.2, 0.25) is 0 Å². The fourth-order valence-electron chi connectivity index (χ4n) is 1.11. The number of hydrogen-bond donors (Lipinski definition) is 0. The van der Waals surface area contributed by atoms with E-state index in [9.17, 15) is 4.79 Å². The van der Waals surface area contributed by atoms with E-state index < -0.39 is 0 Å². The van der Waals surface area contributed by atoms with Crippen molar-refractivity contribution < 1.29 is 4.79 Å². The highest BCUT2D eigenvalue weighted by molar-refractivity contribution is 5.74. The van der Waals surface area contributed by atoms with Crippen molar-refractivity contribution >= 4 is 6.29 Å². The highest BCUT2D eigenvalue weighted by atomic mass is 16.1. The summed E-state index contributed by atoms with van der Waals surface area (Å²) in [6.45, 7) is 2.09. The van der Waals surface area contributed by atoms with Gasteiger partial charge in [0.05, 0.1) is 0 Å². The summed E-state index contributed by atoms with van der Waals surface area (Å²) < 4.78 is 0. The Kier molecular flexibility index (Phi) is 2.43. The first kappa shape index (κ1) is 7.26. The van der Waals surface area contributed by atoms with Gasteiger partial charge in [-0.3, -0.25) is 4.79 Å². The van der Waals surface area contributed by atoms with E-state index in [4.69, 9.17) is 0 Å². The van der Waals surface area contributed by atoms with Gasteiger partial charge in [0.25, 0.3) is 0 Å². The van der Waals surface area contributed by atoms with Crippen molar-refractivity contribution in [2.75, 3.05) is 0 Å². The Balaban J connectivity index is 2.72. The molecule has 0 bridgehead atoms. The van der Waals surface area contributed by atoms with Crippen molar-refractivity contribution in [3.05, 3.63) is 23.8 Å². The Morgan fingerprint density at radius 1 is 1.70 bits per heavy atom. The minimum Gasteiger partial charge on any atom is -0.298 e. The molecule has 1 heteroatoms. The van der Waals surface area contributed by atoms with E-state index in [2.05, 4.69) is 13.0 Å². The summed E-state index contributed by atoms with van der Waals surface area (Å²) in [6.07, 6.45) is 9.13. The molecule has 1 unspecified atom stereocenters. The Morgan fingerprint density at radius 2 is 2.50 bits per heavy atom. The largest absolute Gasteiger partial charge is 0.298 e. The van der Waals surface area contributed by atoms with E-state index in [-0.39, 0.29) is 0 Å². The Hall–Kier alpha value is -0.850. The number of allylic oxidation sites excluding steroid dienone is 4. The SMILES string of the molecule is CC1CCC=CC=C1C=O. The van der Waals surface area contributed by atoms with E-state index >= 15 is 0 Å². The smallest absolute Gasteiger partial charge is 0.146 e. The average molecular weight is 136 g/mol. The molecule has 0 aliphatic heterocycles. The van der Waals surface area contributed by atoms with Crippen LogP contribution in [0.25, 0.3) is 0 Å². The van der Waals surface area contributed by atoms with Crippen LogP contribution in [0.1, 0.15) is 19.8 Å². The molecule has 0 aromatic carbocycles. The van der Waals surface area contributed by atoms with Gasteiger partial charge in [0.15, 0.2) is 0 Å². The Labute approximate surface area is 61.4 Å². The Morgan fingerprint density at radius 3 is 3.20 bits per heavy atom. The van der Waals surface area contributed by atoms with E-state index in [1.54, 1.807) is 0 Å². The summed E-state index contributed by atoms with van der Waals surface area (Å²) >= 11 is 0. The molecule has 1 aliphatic rings. The van der Waals surface area contributed by atoms with E-state index in [0.29, 0.717) is 5.92 Å². The normalized spacial score (nSPS) is 25.3. The zero-order chi connectivity index (χ0) is 7.40. The lowest BCUT2D eigenvalue weighted by Crippen LogP contribution is -1.98. The van der Waals surface area contributed by atoms with Gasteiger partial charge >= 0.3 is 0 Å². The predicted molar refractivity (Wildman–Crippen MR) is 41.7 cm³/mol. The van der Waals surface area contributed by atoms with E-state index in [1.807, 2.05) is 12.2 Å². The van der Waals surface area contributed by atoms with Crippen molar-refractivity contribution in [1.29, 1.82) is 0 Å². The van der Waals surface area contributed by atoms with Gasteiger partial charge in [-0.1, -0.05) is 25.2 Å². The molecule has 0 heterocycles. The van der Waals surface area contributed by atoms with Crippen molar-refractivity contribution in [3.63, 3.8) is 0 Å². The van der Waals surface area contributed by atoms with Crippen LogP contribution >= 0.6 is 0 Å². The first-order chi connectivity index (χ1) is 4.84. The van der Waals surface area contributed by atoms with Crippen molar-refractivity contribution in [3.8, 4) is 0 Å². The van der Waals surface area contributed by atoms with Crippen molar-refractivity contribution in [2.24, 2.45) is 5.92 Å². The van der Waals surface area contributed by atoms with Gasteiger partial charge in [0.1, 0.15) is 6.29 Å². The second-order valence-electron chi connectivity index (χ2n) is 2.69. The molecular formula is C9H12O. The molecule has 0 saturated heterocycles. The Bertz CT molecular complexity index is 177. The molecule has 0 spiro atoms. The zero-order valence-electron chi connectivity index (χ0n) is 6.21. The van der Waals surface area contributed by atoms with Crippen LogP contribution in [-0.4, -0.2) is 6.29 Å². The molecule has 54 valence electrons. The number of carbonyl (C=O) groups excluding carboxylic acids is 1. The van der Waals surface area contributed by atoms with Crippen LogP contribution in [0.4, 0.5) is 0 Å². The van der Waals surface area contributed by atoms with Crippen LogP contribution in [0.15, 0.2) is 23.8 Å². The highest BCUT2D eigenvalue weighted by Gasteiger charge is 2.07. The van der Waals surface area contributed by atoms with Crippen molar-refractivity contribution in [2.45, 2.75) is 19.8 Å².